The second kappa shape index (κ2) is 15.7. The van der Waals surface area contributed by atoms with E-state index in [4.69, 9.17) is 47.4 Å². The number of rotatable bonds is 10. The van der Waals surface area contributed by atoms with Crippen LogP contribution >= 0.6 is 0 Å². The number of fused-ring (bicyclic) bond motifs is 2. The average Bonchev–Trinajstić information content (AvgIpc) is 3.79. The minimum absolute atomic E-state index is 0.0101. The first-order valence-corrected chi connectivity index (χ1v) is 15.5. The van der Waals surface area contributed by atoms with E-state index in [1.165, 1.54) is 49.6 Å². The highest BCUT2D eigenvalue weighted by atomic mass is 16.7. The molecule has 0 bridgehead atoms. The highest BCUT2D eigenvalue weighted by Gasteiger charge is 2.53. The van der Waals surface area contributed by atoms with Crippen LogP contribution in [0.2, 0.25) is 0 Å². The average molecular weight is 712 g/mol. The van der Waals surface area contributed by atoms with Gasteiger partial charge < -0.3 is 52.5 Å². The third-order valence-electron chi connectivity index (χ3n) is 7.61. The molecule has 18 heteroatoms. The molecule has 18 nitrogen and oxygen atoms in total. The molecule has 3 aromatic carbocycles. The van der Waals surface area contributed by atoms with Crippen LogP contribution < -0.4 is 34.9 Å². The molecule has 3 aromatic rings. The summed E-state index contributed by atoms with van der Waals surface area (Å²) in [4.78, 5) is 51.7. The number of aliphatic hydroxyl groups is 1. The van der Waals surface area contributed by atoms with E-state index in [0.717, 1.165) is 0 Å². The van der Waals surface area contributed by atoms with Gasteiger partial charge in [-0.2, -0.15) is 0 Å². The van der Waals surface area contributed by atoms with Crippen LogP contribution in [0.25, 0.3) is 0 Å². The number of methoxy groups -OCH3 is 1. The van der Waals surface area contributed by atoms with E-state index in [2.05, 4.69) is 16.0 Å². The Kier molecular flexibility index (Phi) is 10.7. The predicted octanol–water partition coefficient (Wildman–Crippen LogP) is 3.84. The Labute approximate surface area is 289 Å². The molecule has 0 saturated carbocycles. The summed E-state index contributed by atoms with van der Waals surface area (Å²) < 4.78 is 54.6. The van der Waals surface area contributed by atoms with Crippen LogP contribution in [0.3, 0.4) is 0 Å². The topological polar surface area (TPSA) is 217 Å². The summed E-state index contributed by atoms with van der Waals surface area (Å²) in [6, 6.07) is 15.0. The largest absolute Gasteiger partial charge is 0.462 e. The Morgan fingerprint density at radius 2 is 1.18 bits per heavy atom. The summed E-state index contributed by atoms with van der Waals surface area (Å²) in [6.07, 6.45) is -10.6. The van der Waals surface area contributed by atoms with Crippen LogP contribution in [0.5, 0.6) is 23.0 Å². The Hall–Kier alpha value is -5.98. The number of carbonyl (C=O) groups excluding carboxylic acids is 4. The van der Waals surface area contributed by atoms with Crippen LogP contribution in [-0.4, -0.2) is 94.0 Å². The molecule has 1 saturated heterocycles. The number of hydrogen-bond donors (Lipinski definition) is 4. The molecule has 1 fully saturated rings. The second-order valence-corrected chi connectivity index (χ2v) is 10.9. The lowest BCUT2D eigenvalue weighted by Gasteiger charge is -2.43. The number of hydrogen-bond acceptors (Lipinski definition) is 15. The van der Waals surface area contributed by atoms with Gasteiger partial charge in [-0.3, -0.25) is 16.0 Å². The van der Waals surface area contributed by atoms with Gasteiger partial charge >= 0.3 is 24.2 Å². The smallest absolute Gasteiger partial charge is 0.412 e. The van der Waals surface area contributed by atoms with E-state index in [1.807, 2.05) is 0 Å². The van der Waals surface area contributed by atoms with Crippen molar-refractivity contribution in [3.63, 3.8) is 0 Å². The summed E-state index contributed by atoms with van der Waals surface area (Å²) in [7, 11) is 1.24. The molecule has 3 heterocycles. The normalized spacial score (nSPS) is 21.2. The van der Waals surface area contributed by atoms with Crippen molar-refractivity contribution in [2.45, 2.75) is 37.6 Å². The molecule has 3 aliphatic rings. The number of nitrogens with one attached hydrogen (secondary N) is 3. The molecule has 0 spiro atoms. The predicted molar refractivity (Wildman–Crippen MR) is 172 cm³/mol. The van der Waals surface area contributed by atoms with Gasteiger partial charge in [0.2, 0.25) is 13.6 Å². The van der Waals surface area contributed by atoms with Crippen LogP contribution in [0.4, 0.5) is 31.4 Å². The van der Waals surface area contributed by atoms with Crippen molar-refractivity contribution in [2.75, 3.05) is 49.9 Å². The zero-order chi connectivity index (χ0) is 35.9. The van der Waals surface area contributed by atoms with Crippen molar-refractivity contribution in [2.24, 2.45) is 0 Å². The molecule has 270 valence electrons. The maximum atomic E-state index is 13.3. The van der Waals surface area contributed by atoms with Crippen LogP contribution in [-0.2, 0) is 28.4 Å². The van der Waals surface area contributed by atoms with Gasteiger partial charge in [0.05, 0.1) is 18.8 Å². The van der Waals surface area contributed by atoms with Crippen molar-refractivity contribution < 1.29 is 71.7 Å². The standard InChI is InChI=1S/C33H33N3O15/c1-3-43-29(38)17-4-6-18(7-5-17)34-31(39)49-26-25(14-37)48-30(42-2)28(51-33(41)36-20-9-11-22-24(13-20)47-16-45-22)27(26)50-32(40)35-19-8-10-21-23(12-19)46-15-44-21/h4-13,25-28,30,37H,3,14-16H2,1-2H3,(H,34,39)(H,35,40)(H,36,41)/t25-,26-,27+,28-,30+/m1/s1. The number of aliphatic hydroxyl groups excluding tert-OH is 1. The van der Waals surface area contributed by atoms with E-state index in [0.29, 0.717) is 23.0 Å². The highest BCUT2D eigenvalue weighted by molar-refractivity contribution is 5.91. The van der Waals surface area contributed by atoms with E-state index in [-0.39, 0.29) is 42.8 Å². The SMILES string of the molecule is CCOC(=O)c1ccc(NC(=O)O[C@H]2[C@H](OC(=O)Nc3ccc4c(c3)OCO4)[C@@H](OC(=O)Nc3ccc4c(c3)OCO4)[C@@H](OC)O[C@@H]2CO)cc1. The summed E-state index contributed by atoms with van der Waals surface area (Å²) >= 11 is 0. The van der Waals surface area contributed by atoms with Gasteiger partial charge in [0.1, 0.15) is 6.10 Å². The van der Waals surface area contributed by atoms with Gasteiger partial charge in [-0.25, -0.2) is 19.2 Å². The minimum atomic E-state index is -1.62. The molecule has 0 radical (unpaired) electrons. The van der Waals surface area contributed by atoms with Crippen molar-refractivity contribution >= 4 is 41.3 Å². The monoisotopic (exact) mass is 711 g/mol. The molecule has 3 aliphatic heterocycles. The molecular formula is C33H33N3O15. The lowest BCUT2D eigenvalue weighted by Crippen LogP contribution is -2.63. The molecule has 3 amide bonds. The van der Waals surface area contributed by atoms with Gasteiger partial charge in [0, 0.05) is 36.3 Å². The Morgan fingerprint density at radius 1 is 0.686 bits per heavy atom. The fourth-order valence-electron chi connectivity index (χ4n) is 5.28. The van der Waals surface area contributed by atoms with Gasteiger partial charge in [-0.15, -0.1) is 0 Å². The third-order valence-corrected chi connectivity index (χ3v) is 7.61. The van der Waals surface area contributed by atoms with Crippen molar-refractivity contribution in [1.29, 1.82) is 0 Å². The van der Waals surface area contributed by atoms with Crippen molar-refractivity contribution in [3.8, 4) is 23.0 Å². The molecule has 4 N–H and O–H groups in total. The van der Waals surface area contributed by atoms with Gasteiger partial charge in [-0.1, -0.05) is 0 Å². The minimum Gasteiger partial charge on any atom is -0.462 e. The van der Waals surface area contributed by atoms with Crippen LogP contribution in [0.15, 0.2) is 60.7 Å². The van der Waals surface area contributed by atoms with Crippen LogP contribution in [0, 0.1) is 0 Å². The Morgan fingerprint density at radius 3 is 1.71 bits per heavy atom. The molecule has 0 unspecified atom stereocenters. The number of ether oxygens (including phenoxy) is 10. The lowest BCUT2D eigenvalue weighted by atomic mass is 9.98. The molecule has 0 aliphatic carbocycles. The number of amides is 3. The van der Waals surface area contributed by atoms with E-state index in [9.17, 15) is 24.3 Å². The quantitative estimate of drug-likeness (QED) is 0.174. The van der Waals surface area contributed by atoms with Gasteiger partial charge in [0.15, 0.2) is 47.6 Å². The zero-order valence-electron chi connectivity index (χ0n) is 27.2. The second-order valence-electron chi connectivity index (χ2n) is 10.9. The molecule has 5 atom stereocenters. The number of esters is 1. The third kappa shape index (κ3) is 8.26. The van der Waals surface area contributed by atoms with E-state index in [1.54, 1.807) is 25.1 Å². The first-order chi connectivity index (χ1) is 24.7. The summed E-state index contributed by atoms with van der Waals surface area (Å²) in [5.74, 6) is 1.19. The van der Waals surface area contributed by atoms with Gasteiger partial charge in [-0.05, 0) is 55.5 Å². The zero-order valence-corrected chi connectivity index (χ0v) is 27.2. The maximum Gasteiger partial charge on any atom is 0.412 e. The molecular weight excluding hydrogens is 678 g/mol. The van der Waals surface area contributed by atoms with Crippen LogP contribution in [0.1, 0.15) is 17.3 Å². The number of benzene rings is 3. The van der Waals surface area contributed by atoms with Gasteiger partial charge in [0.25, 0.3) is 0 Å². The number of carbonyl (C=O) groups is 4. The fraction of sp³-hybridized carbons (Fsp3) is 0.333. The highest BCUT2D eigenvalue weighted by Crippen LogP contribution is 2.36. The summed E-state index contributed by atoms with van der Waals surface area (Å²) in [5, 5.41) is 17.8. The molecule has 51 heavy (non-hydrogen) atoms. The first kappa shape index (κ1) is 34.9. The molecule has 6 rings (SSSR count). The molecule has 0 aromatic heterocycles. The maximum absolute atomic E-state index is 13.3. The van der Waals surface area contributed by atoms with E-state index < -0.39 is 61.6 Å². The first-order valence-electron chi connectivity index (χ1n) is 15.5. The van der Waals surface area contributed by atoms with Crippen molar-refractivity contribution in [3.05, 3.63) is 66.2 Å². The lowest BCUT2D eigenvalue weighted by molar-refractivity contribution is -0.290. The Balaban J connectivity index is 1.22. The van der Waals surface area contributed by atoms with Crippen molar-refractivity contribution in [1.82, 2.24) is 0 Å². The van der Waals surface area contributed by atoms with E-state index >= 15 is 0 Å². The fourth-order valence-corrected chi connectivity index (χ4v) is 5.28. The Bertz CT molecular complexity index is 1750. The number of anilines is 3. The summed E-state index contributed by atoms with van der Waals surface area (Å²) in [5.41, 5.74) is 1.03. The summed E-state index contributed by atoms with van der Waals surface area (Å²) in [6.45, 7) is 1.16.